The van der Waals surface area contributed by atoms with E-state index in [0.717, 1.165) is 0 Å². The highest BCUT2D eigenvalue weighted by Gasteiger charge is 2.27. The maximum atomic E-state index is 12.8. The highest BCUT2D eigenvalue weighted by atomic mass is 35.5. The molecule has 11 heteroatoms. The minimum Gasteiger partial charge on any atom is -0.478 e. The standard InChI is InChI=1S/C23H28Cl2N4O5/c1-12-17(24)18(25)19(26-12)20(30)28-15-6-5-13(21(31)32)11-16(15)27-14-7-9-29(10-8-14)22(33)34-23(2,3)4/h5-6,11,14,26-27H,7-10H2,1-4H3,(H,28,30)(H,31,32). The van der Waals surface area contributed by atoms with E-state index in [9.17, 15) is 19.5 Å². The number of likely N-dealkylation sites (tertiary alicyclic amines) is 1. The molecular weight excluding hydrogens is 483 g/mol. The van der Waals surface area contributed by atoms with Crippen molar-refractivity contribution in [1.29, 1.82) is 0 Å². The Bertz CT molecular complexity index is 1100. The molecule has 0 atom stereocenters. The molecule has 1 aromatic carbocycles. The molecule has 1 fully saturated rings. The van der Waals surface area contributed by atoms with Crippen molar-refractivity contribution >= 4 is 52.5 Å². The molecule has 2 aromatic rings. The molecule has 0 saturated carbocycles. The van der Waals surface area contributed by atoms with Crippen molar-refractivity contribution in [2.24, 2.45) is 0 Å². The Kier molecular flexibility index (Phi) is 7.67. The van der Waals surface area contributed by atoms with Crippen LogP contribution in [0.2, 0.25) is 10.0 Å². The minimum atomic E-state index is -1.09. The first-order chi connectivity index (χ1) is 15.9. The molecule has 1 saturated heterocycles. The van der Waals surface area contributed by atoms with E-state index >= 15 is 0 Å². The van der Waals surface area contributed by atoms with Crippen molar-refractivity contribution in [2.45, 2.75) is 52.2 Å². The Morgan fingerprint density at radius 1 is 1.12 bits per heavy atom. The lowest BCUT2D eigenvalue weighted by atomic mass is 10.0. The number of H-pyrrole nitrogens is 1. The van der Waals surface area contributed by atoms with Gasteiger partial charge in [0.25, 0.3) is 5.91 Å². The number of aromatic carboxylic acids is 1. The molecule has 34 heavy (non-hydrogen) atoms. The third-order valence-electron chi connectivity index (χ3n) is 5.30. The maximum Gasteiger partial charge on any atom is 0.410 e. The number of anilines is 2. The number of carbonyl (C=O) groups excluding carboxylic acids is 2. The first-order valence-corrected chi connectivity index (χ1v) is 11.6. The smallest absolute Gasteiger partial charge is 0.410 e. The predicted molar refractivity (Wildman–Crippen MR) is 131 cm³/mol. The zero-order valence-corrected chi connectivity index (χ0v) is 20.9. The number of hydrogen-bond donors (Lipinski definition) is 4. The van der Waals surface area contributed by atoms with Gasteiger partial charge in [0.05, 0.1) is 27.0 Å². The summed E-state index contributed by atoms with van der Waals surface area (Å²) in [6, 6.07) is 4.35. The Hall–Kier alpha value is -2.91. The molecule has 1 aromatic heterocycles. The number of carbonyl (C=O) groups is 3. The largest absolute Gasteiger partial charge is 0.478 e. The van der Waals surface area contributed by atoms with Crippen LogP contribution in [0.5, 0.6) is 0 Å². The number of halogens is 2. The number of aryl methyl sites for hydroxylation is 1. The average Bonchev–Trinajstić information content (AvgIpc) is 3.01. The van der Waals surface area contributed by atoms with Gasteiger partial charge in [0.2, 0.25) is 0 Å². The molecule has 0 spiro atoms. The summed E-state index contributed by atoms with van der Waals surface area (Å²) in [7, 11) is 0. The number of hydrogen-bond acceptors (Lipinski definition) is 5. The molecular formula is C23H28Cl2N4O5. The van der Waals surface area contributed by atoms with Gasteiger partial charge in [-0.1, -0.05) is 23.2 Å². The summed E-state index contributed by atoms with van der Waals surface area (Å²) in [4.78, 5) is 41.1. The van der Waals surface area contributed by atoms with Crippen LogP contribution in [-0.4, -0.2) is 57.7 Å². The van der Waals surface area contributed by atoms with Crippen LogP contribution in [0.1, 0.15) is 60.2 Å². The minimum absolute atomic E-state index is 0.0378. The average molecular weight is 511 g/mol. The van der Waals surface area contributed by atoms with E-state index < -0.39 is 17.5 Å². The molecule has 0 aliphatic carbocycles. The lowest BCUT2D eigenvalue weighted by Crippen LogP contribution is -2.44. The number of rotatable bonds is 5. The molecule has 1 aliphatic rings. The quantitative estimate of drug-likeness (QED) is 0.427. The lowest BCUT2D eigenvalue weighted by molar-refractivity contribution is 0.0210. The van der Waals surface area contributed by atoms with Crippen molar-refractivity contribution in [2.75, 3.05) is 23.7 Å². The number of ether oxygens (including phenoxy) is 1. The molecule has 3 rings (SSSR count). The fraction of sp³-hybridized carbons (Fsp3) is 0.435. The summed E-state index contributed by atoms with van der Waals surface area (Å²) in [6.45, 7) is 8.13. The summed E-state index contributed by atoms with van der Waals surface area (Å²) < 4.78 is 5.43. The van der Waals surface area contributed by atoms with Gasteiger partial charge in [0.15, 0.2) is 0 Å². The van der Waals surface area contributed by atoms with Crippen molar-refractivity contribution in [3.05, 3.63) is 45.2 Å². The lowest BCUT2D eigenvalue weighted by Gasteiger charge is -2.34. The van der Waals surface area contributed by atoms with Crippen LogP contribution in [0.3, 0.4) is 0 Å². The summed E-state index contributed by atoms with van der Waals surface area (Å²) >= 11 is 12.2. The molecule has 4 N–H and O–H groups in total. The number of nitrogens with one attached hydrogen (secondary N) is 3. The first-order valence-electron chi connectivity index (χ1n) is 10.8. The van der Waals surface area contributed by atoms with Crippen LogP contribution in [0.25, 0.3) is 0 Å². The predicted octanol–water partition coefficient (Wildman–Crippen LogP) is 5.39. The SMILES string of the molecule is Cc1[nH]c(C(=O)Nc2ccc(C(=O)O)cc2NC2CCN(C(=O)OC(C)(C)C)CC2)c(Cl)c1Cl. The number of piperidine rings is 1. The van der Waals surface area contributed by atoms with Crippen LogP contribution in [0.15, 0.2) is 18.2 Å². The first kappa shape index (κ1) is 25.7. The summed E-state index contributed by atoms with van der Waals surface area (Å²) in [5.41, 5.74) is 1.03. The van der Waals surface area contributed by atoms with E-state index in [-0.39, 0.29) is 33.4 Å². The second-order valence-corrected chi connectivity index (χ2v) is 9.91. The van der Waals surface area contributed by atoms with Crippen molar-refractivity contribution < 1.29 is 24.2 Å². The van der Waals surface area contributed by atoms with Crippen molar-refractivity contribution in [3.63, 3.8) is 0 Å². The number of carboxylic acids is 1. The van der Waals surface area contributed by atoms with E-state index in [1.807, 2.05) is 20.8 Å². The summed E-state index contributed by atoms with van der Waals surface area (Å²) in [5, 5.41) is 15.9. The van der Waals surface area contributed by atoms with Gasteiger partial charge in [-0.15, -0.1) is 0 Å². The molecule has 2 amide bonds. The van der Waals surface area contributed by atoms with Crippen LogP contribution < -0.4 is 10.6 Å². The Labute approximate surface area is 207 Å². The number of amides is 2. The van der Waals surface area contributed by atoms with Gasteiger partial charge in [0, 0.05) is 24.8 Å². The van der Waals surface area contributed by atoms with Crippen LogP contribution >= 0.6 is 23.2 Å². The topological polar surface area (TPSA) is 124 Å². The maximum absolute atomic E-state index is 12.8. The molecule has 184 valence electrons. The monoisotopic (exact) mass is 510 g/mol. The zero-order chi connectivity index (χ0) is 25.2. The van der Waals surface area contributed by atoms with Crippen LogP contribution in [0, 0.1) is 6.92 Å². The number of benzene rings is 1. The molecule has 0 radical (unpaired) electrons. The van der Waals surface area contributed by atoms with E-state index in [4.69, 9.17) is 27.9 Å². The highest BCUT2D eigenvalue weighted by Crippen LogP contribution is 2.31. The van der Waals surface area contributed by atoms with Crippen LogP contribution in [-0.2, 0) is 4.74 Å². The third-order valence-corrected chi connectivity index (χ3v) is 6.25. The van der Waals surface area contributed by atoms with Gasteiger partial charge < -0.3 is 30.4 Å². The Morgan fingerprint density at radius 3 is 2.29 bits per heavy atom. The highest BCUT2D eigenvalue weighted by molar-refractivity contribution is 6.44. The summed E-state index contributed by atoms with van der Waals surface area (Å²) in [6.07, 6.45) is 0.895. The van der Waals surface area contributed by atoms with E-state index in [2.05, 4.69) is 15.6 Å². The van der Waals surface area contributed by atoms with Gasteiger partial charge in [-0.3, -0.25) is 4.79 Å². The molecule has 0 bridgehead atoms. The Balaban J connectivity index is 1.74. The second-order valence-electron chi connectivity index (χ2n) is 9.16. The number of carboxylic acid groups (broad SMARTS) is 1. The van der Waals surface area contributed by atoms with Crippen molar-refractivity contribution in [3.8, 4) is 0 Å². The van der Waals surface area contributed by atoms with E-state index in [0.29, 0.717) is 43.0 Å². The van der Waals surface area contributed by atoms with E-state index in [1.54, 1.807) is 11.8 Å². The molecule has 9 nitrogen and oxygen atoms in total. The molecule has 1 aliphatic heterocycles. The van der Waals surface area contributed by atoms with Gasteiger partial charge in [-0.25, -0.2) is 9.59 Å². The van der Waals surface area contributed by atoms with Crippen molar-refractivity contribution in [1.82, 2.24) is 9.88 Å². The molecule has 2 heterocycles. The number of aromatic nitrogens is 1. The zero-order valence-electron chi connectivity index (χ0n) is 19.4. The van der Waals surface area contributed by atoms with Gasteiger partial charge in [0.1, 0.15) is 11.3 Å². The summed E-state index contributed by atoms with van der Waals surface area (Å²) in [5.74, 6) is -1.60. The third kappa shape index (κ3) is 6.15. The fourth-order valence-corrected chi connectivity index (χ4v) is 3.99. The van der Waals surface area contributed by atoms with Gasteiger partial charge in [-0.2, -0.15) is 0 Å². The Morgan fingerprint density at radius 2 is 1.76 bits per heavy atom. The van der Waals surface area contributed by atoms with E-state index in [1.165, 1.54) is 18.2 Å². The van der Waals surface area contributed by atoms with Gasteiger partial charge >= 0.3 is 12.1 Å². The number of nitrogens with zero attached hydrogens (tertiary/aromatic N) is 1. The fourth-order valence-electron chi connectivity index (χ4n) is 3.57. The van der Waals surface area contributed by atoms with Crippen LogP contribution in [0.4, 0.5) is 16.2 Å². The van der Waals surface area contributed by atoms with Gasteiger partial charge in [-0.05, 0) is 58.7 Å². The normalized spacial score (nSPS) is 14.6. The second kappa shape index (κ2) is 10.1. The molecule has 0 unspecified atom stereocenters. The number of aromatic amines is 1.